The van der Waals surface area contributed by atoms with Crippen LogP contribution in [0.4, 0.5) is 0 Å². The lowest BCUT2D eigenvalue weighted by Crippen LogP contribution is -2.35. The van der Waals surface area contributed by atoms with Crippen LogP contribution in [0.15, 0.2) is 36.6 Å². The number of allylic oxidation sites excluding steroid dienone is 3. The Kier molecular flexibility index (Phi) is 4.26. The highest BCUT2D eigenvalue weighted by Crippen LogP contribution is 2.38. The number of ketones is 1. The molecule has 92 valence electrons. The number of esters is 1. The van der Waals surface area contributed by atoms with Gasteiger partial charge in [0, 0.05) is 6.08 Å². The van der Waals surface area contributed by atoms with Crippen molar-refractivity contribution in [2.24, 2.45) is 5.41 Å². The Balaban J connectivity index is 3.16. The third-order valence-corrected chi connectivity index (χ3v) is 2.76. The minimum absolute atomic E-state index is 0.194. The molecule has 0 N–H and O–H groups in total. The molecular formula is C13H16O4. The summed E-state index contributed by atoms with van der Waals surface area (Å²) in [6.45, 7) is 3.62. The van der Waals surface area contributed by atoms with E-state index in [2.05, 4.69) is 6.58 Å². The Bertz CT molecular complexity index is 392. The van der Waals surface area contributed by atoms with E-state index in [-0.39, 0.29) is 5.78 Å². The molecule has 0 radical (unpaired) electrons. The van der Waals surface area contributed by atoms with E-state index in [1.165, 1.54) is 26.4 Å². The van der Waals surface area contributed by atoms with Gasteiger partial charge < -0.3 is 9.47 Å². The molecule has 0 aliphatic heterocycles. The highest BCUT2D eigenvalue weighted by molar-refractivity contribution is 6.03. The smallest absolute Gasteiger partial charge is 0.323 e. The zero-order valence-electron chi connectivity index (χ0n) is 10.1. The van der Waals surface area contributed by atoms with Crippen LogP contribution in [0.5, 0.6) is 0 Å². The summed E-state index contributed by atoms with van der Waals surface area (Å²) in [5.74, 6) is -0.310. The Labute approximate surface area is 101 Å². The summed E-state index contributed by atoms with van der Waals surface area (Å²) in [5.41, 5.74) is -1.01. The molecule has 0 saturated carbocycles. The first-order chi connectivity index (χ1) is 8.10. The topological polar surface area (TPSA) is 52.6 Å². The van der Waals surface area contributed by atoms with E-state index < -0.39 is 11.4 Å². The van der Waals surface area contributed by atoms with Crippen molar-refractivity contribution in [2.45, 2.75) is 12.8 Å². The van der Waals surface area contributed by atoms with E-state index in [0.717, 1.165) is 0 Å². The molecule has 0 aromatic carbocycles. The molecule has 1 aliphatic carbocycles. The fraction of sp³-hybridized carbons (Fsp3) is 0.385. The van der Waals surface area contributed by atoms with Gasteiger partial charge in [-0.1, -0.05) is 12.2 Å². The van der Waals surface area contributed by atoms with Gasteiger partial charge in [-0.15, -0.1) is 6.58 Å². The standard InChI is InChI=1S/C13H16O4/c1-4-5-7-13(12(15)17-3)8-6-10(14)9-11(13)16-2/h4,6,8-9H,1,5,7H2,2-3H3/t13-/m1/s1. The average Bonchev–Trinajstić information content (AvgIpc) is 2.36. The summed E-state index contributed by atoms with van der Waals surface area (Å²) in [4.78, 5) is 23.2. The molecule has 0 amide bonds. The molecule has 0 bridgehead atoms. The largest absolute Gasteiger partial charge is 0.499 e. The first-order valence-corrected chi connectivity index (χ1v) is 5.29. The van der Waals surface area contributed by atoms with E-state index >= 15 is 0 Å². The molecule has 17 heavy (non-hydrogen) atoms. The van der Waals surface area contributed by atoms with Gasteiger partial charge in [0.25, 0.3) is 0 Å². The molecule has 0 aromatic heterocycles. The molecule has 0 saturated heterocycles. The van der Waals surface area contributed by atoms with Crippen molar-refractivity contribution in [3.8, 4) is 0 Å². The van der Waals surface area contributed by atoms with Gasteiger partial charge in [0.15, 0.2) is 5.78 Å². The van der Waals surface area contributed by atoms with Crippen LogP contribution >= 0.6 is 0 Å². The molecule has 0 spiro atoms. The fourth-order valence-electron chi connectivity index (χ4n) is 1.84. The molecule has 4 nitrogen and oxygen atoms in total. The van der Waals surface area contributed by atoms with Gasteiger partial charge >= 0.3 is 5.97 Å². The maximum atomic E-state index is 11.9. The van der Waals surface area contributed by atoms with Crippen LogP contribution in [-0.2, 0) is 19.1 Å². The SMILES string of the molecule is C=CCC[C@@]1(C(=O)OC)C=CC(=O)C=C1OC. The molecule has 0 heterocycles. The minimum atomic E-state index is -1.01. The molecule has 0 fully saturated rings. The van der Waals surface area contributed by atoms with Crippen molar-refractivity contribution in [1.82, 2.24) is 0 Å². The third kappa shape index (κ3) is 2.46. The Morgan fingerprint density at radius 3 is 2.76 bits per heavy atom. The summed E-state index contributed by atoms with van der Waals surface area (Å²) >= 11 is 0. The first kappa shape index (κ1) is 13.2. The number of methoxy groups -OCH3 is 2. The predicted octanol–water partition coefficient (Wildman–Crippen LogP) is 1.78. The number of hydrogen-bond donors (Lipinski definition) is 0. The maximum absolute atomic E-state index is 11.9. The van der Waals surface area contributed by atoms with Crippen molar-refractivity contribution in [1.29, 1.82) is 0 Å². The molecule has 4 heteroatoms. The van der Waals surface area contributed by atoms with Gasteiger partial charge in [-0.05, 0) is 18.9 Å². The quantitative estimate of drug-likeness (QED) is 0.539. The lowest BCUT2D eigenvalue weighted by atomic mass is 9.77. The highest BCUT2D eigenvalue weighted by Gasteiger charge is 2.43. The second-order valence-electron chi connectivity index (χ2n) is 3.74. The summed E-state index contributed by atoms with van der Waals surface area (Å²) in [7, 11) is 2.75. The van der Waals surface area contributed by atoms with Crippen LogP contribution in [0.2, 0.25) is 0 Å². The normalized spacial score (nSPS) is 22.9. The van der Waals surface area contributed by atoms with E-state index in [1.807, 2.05) is 0 Å². The van der Waals surface area contributed by atoms with Gasteiger partial charge in [-0.25, -0.2) is 0 Å². The summed E-state index contributed by atoms with van der Waals surface area (Å²) < 4.78 is 9.95. The van der Waals surface area contributed by atoms with Gasteiger partial charge in [-0.3, -0.25) is 9.59 Å². The Morgan fingerprint density at radius 1 is 1.53 bits per heavy atom. The Morgan fingerprint density at radius 2 is 2.24 bits per heavy atom. The van der Waals surface area contributed by atoms with Crippen LogP contribution in [0.3, 0.4) is 0 Å². The number of ether oxygens (including phenoxy) is 2. The second-order valence-corrected chi connectivity index (χ2v) is 3.74. The van der Waals surface area contributed by atoms with E-state index in [9.17, 15) is 9.59 Å². The fourth-order valence-corrected chi connectivity index (χ4v) is 1.84. The summed E-state index contributed by atoms with van der Waals surface area (Å²) in [6.07, 6.45) is 7.02. The first-order valence-electron chi connectivity index (χ1n) is 5.29. The van der Waals surface area contributed by atoms with Crippen LogP contribution < -0.4 is 0 Å². The lowest BCUT2D eigenvalue weighted by Gasteiger charge is -2.30. The average molecular weight is 236 g/mol. The molecule has 0 aromatic rings. The third-order valence-electron chi connectivity index (χ3n) is 2.76. The molecule has 1 aliphatic rings. The molecule has 1 atom stereocenters. The van der Waals surface area contributed by atoms with Crippen molar-refractivity contribution in [3.63, 3.8) is 0 Å². The summed E-state index contributed by atoms with van der Waals surface area (Å²) in [6, 6.07) is 0. The van der Waals surface area contributed by atoms with Gasteiger partial charge in [0.05, 0.1) is 14.2 Å². The van der Waals surface area contributed by atoms with Crippen LogP contribution in [0, 0.1) is 5.41 Å². The molecule has 1 rings (SSSR count). The van der Waals surface area contributed by atoms with Crippen molar-refractivity contribution >= 4 is 11.8 Å². The summed E-state index contributed by atoms with van der Waals surface area (Å²) in [5, 5.41) is 0. The van der Waals surface area contributed by atoms with Gasteiger partial charge in [-0.2, -0.15) is 0 Å². The van der Waals surface area contributed by atoms with Crippen molar-refractivity contribution in [2.75, 3.05) is 14.2 Å². The van der Waals surface area contributed by atoms with E-state index in [1.54, 1.807) is 12.2 Å². The predicted molar refractivity (Wildman–Crippen MR) is 63.1 cm³/mol. The van der Waals surface area contributed by atoms with Crippen LogP contribution in [-0.4, -0.2) is 26.0 Å². The number of rotatable bonds is 5. The van der Waals surface area contributed by atoms with E-state index in [0.29, 0.717) is 18.6 Å². The number of carbonyl (C=O) groups is 2. The zero-order valence-corrected chi connectivity index (χ0v) is 10.1. The molecular weight excluding hydrogens is 220 g/mol. The van der Waals surface area contributed by atoms with Crippen molar-refractivity contribution < 1.29 is 19.1 Å². The minimum Gasteiger partial charge on any atom is -0.499 e. The number of carbonyl (C=O) groups excluding carboxylic acids is 2. The van der Waals surface area contributed by atoms with Crippen LogP contribution in [0.25, 0.3) is 0 Å². The Hall–Kier alpha value is -1.84. The van der Waals surface area contributed by atoms with Crippen LogP contribution in [0.1, 0.15) is 12.8 Å². The lowest BCUT2D eigenvalue weighted by molar-refractivity contribution is -0.150. The second kappa shape index (κ2) is 5.48. The van der Waals surface area contributed by atoms with Gasteiger partial charge in [0.1, 0.15) is 11.2 Å². The van der Waals surface area contributed by atoms with Gasteiger partial charge in [0.2, 0.25) is 0 Å². The highest BCUT2D eigenvalue weighted by atomic mass is 16.5. The zero-order chi connectivity index (χ0) is 12.9. The van der Waals surface area contributed by atoms with Crippen molar-refractivity contribution in [3.05, 3.63) is 36.6 Å². The maximum Gasteiger partial charge on any atom is 0.323 e. The number of hydrogen-bond acceptors (Lipinski definition) is 4. The van der Waals surface area contributed by atoms with E-state index in [4.69, 9.17) is 9.47 Å². The monoisotopic (exact) mass is 236 g/mol. The molecule has 0 unspecified atom stereocenters.